The van der Waals surface area contributed by atoms with Crippen molar-refractivity contribution in [1.29, 1.82) is 0 Å². The molecular weight excluding hydrogens is 314 g/mol. The number of hydrogen-bond donors (Lipinski definition) is 2. The molecule has 0 saturated heterocycles. The van der Waals surface area contributed by atoms with Gasteiger partial charge in [0.1, 0.15) is 5.69 Å². The van der Waals surface area contributed by atoms with Crippen LogP contribution in [0, 0.1) is 6.92 Å². The second-order valence-electron chi connectivity index (χ2n) is 5.13. The molecule has 0 aliphatic carbocycles. The van der Waals surface area contributed by atoms with Crippen molar-refractivity contribution >= 4 is 24.2 Å². The van der Waals surface area contributed by atoms with E-state index in [-0.39, 0.29) is 5.95 Å². The molecule has 0 saturated carbocycles. The minimum atomic E-state index is 0.287. The van der Waals surface area contributed by atoms with Gasteiger partial charge in [-0.2, -0.15) is 15.2 Å². The molecule has 7 heteroatoms. The van der Waals surface area contributed by atoms with Crippen LogP contribution in [-0.4, -0.2) is 27.6 Å². The largest absolute Gasteiger partial charge is 0.265 e. The highest BCUT2D eigenvalue weighted by Crippen LogP contribution is 2.09. The summed E-state index contributed by atoms with van der Waals surface area (Å²) < 4.78 is 0. The third kappa shape index (κ3) is 4.93. The van der Waals surface area contributed by atoms with E-state index in [9.17, 15) is 0 Å². The molecule has 0 atom stereocenters. The Morgan fingerprint density at radius 1 is 0.760 bits per heavy atom. The maximum Gasteiger partial charge on any atom is 0.265 e. The van der Waals surface area contributed by atoms with Gasteiger partial charge in [0.2, 0.25) is 0 Å². The van der Waals surface area contributed by atoms with E-state index in [0.29, 0.717) is 11.5 Å². The number of aryl methyl sites for hydroxylation is 1. The lowest BCUT2D eigenvalue weighted by molar-refractivity contribution is 0.922. The lowest BCUT2D eigenvalue weighted by atomic mass is 10.2. The standard InChI is InChI=1S/C18H17N7/c1-14-17(23-19-12-15-8-4-2-5-9-15)21-18(25-22-14)24-20-13-16-10-6-3-7-11-16/h2-13H,1H3,(H2,21,23,24,25)/b19-12+,20-13+. The van der Waals surface area contributed by atoms with Crippen LogP contribution in [0.2, 0.25) is 0 Å². The molecule has 0 unspecified atom stereocenters. The highest BCUT2D eigenvalue weighted by molar-refractivity contribution is 5.80. The van der Waals surface area contributed by atoms with E-state index in [1.165, 1.54) is 0 Å². The first-order chi connectivity index (χ1) is 12.3. The summed E-state index contributed by atoms with van der Waals surface area (Å²) in [6.07, 6.45) is 3.39. The van der Waals surface area contributed by atoms with Gasteiger partial charge in [-0.15, -0.1) is 10.2 Å². The molecule has 0 amide bonds. The van der Waals surface area contributed by atoms with Crippen LogP contribution in [0.1, 0.15) is 16.8 Å². The molecule has 3 aromatic rings. The molecule has 2 N–H and O–H groups in total. The van der Waals surface area contributed by atoms with Gasteiger partial charge in [0, 0.05) is 0 Å². The SMILES string of the molecule is Cc1nnc(N/N=C/c2ccccc2)nc1N/N=C/c1ccccc1. The van der Waals surface area contributed by atoms with Crippen molar-refractivity contribution in [3.8, 4) is 0 Å². The van der Waals surface area contributed by atoms with Gasteiger partial charge in [-0.25, -0.2) is 5.43 Å². The lowest BCUT2D eigenvalue weighted by Crippen LogP contribution is -2.05. The number of aromatic nitrogens is 3. The highest BCUT2D eigenvalue weighted by atomic mass is 15.4. The summed E-state index contributed by atoms with van der Waals surface area (Å²) in [5.41, 5.74) is 8.24. The monoisotopic (exact) mass is 331 g/mol. The van der Waals surface area contributed by atoms with Crippen molar-refractivity contribution < 1.29 is 0 Å². The maximum absolute atomic E-state index is 4.31. The van der Waals surface area contributed by atoms with Crippen LogP contribution in [0.4, 0.5) is 11.8 Å². The summed E-state index contributed by atoms with van der Waals surface area (Å²) in [4.78, 5) is 4.31. The van der Waals surface area contributed by atoms with Crippen LogP contribution in [0.15, 0.2) is 70.9 Å². The first-order valence-electron chi connectivity index (χ1n) is 7.71. The second kappa shape index (κ2) is 8.30. The fourth-order valence-electron chi connectivity index (χ4n) is 1.94. The number of benzene rings is 2. The smallest absolute Gasteiger partial charge is 0.260 e. The van der Waals surface area contributed by atoms with Crippen molar-refractivity contribution in [3.63, 3.8) is 0 Å². The summed E-state index contributed by atoms with van der Waals surface area (Å²) in [5.74, 6) is 0.801. The Kier molecular flexibility index (Phi) is 5.40. The molecule has 0 aliphatic rings. The fraction of sp³-hybridized carbons (Fsp3) is 0.0556. The Labute approximate surface area is 145 Å². The van der Waals surface area contributed by atoms with E-state index >= 15 is 0 Å². The van der Waals surface area contributed by atoms with Crippen molar-refractivity contribution in [2.24, 2.45) is 10.2 Å². The third-order valence-corrected chi connectivity index (χ3v) is 3.22. The predicted octanol–water partition coefficient (Wildman–Crippen LogP) is 3.07. The van der Waals surface area contributed by atoms with Crippen LogP contribution in [0.25, 0.3) is 0 Å². The van der Waals surface area contributed by atoms with Crippen LogP contribution < -0.4 is 10.9 Å². The van der Waals surface area contributed by atoms with Gasteiger partial charge < -0.3 is 0 Å². The molecule has 0 radical (unpaired) electrons. The van der Waals surface area contributed by atoms with E-state index in [1.54, 1.807) is 19.4 Å². The van der Waals surface area contributed by atoms with Crippen molar-refractivity contribution in [2.45, 2.75) is 6.92 Å². The zero-order valence-electron chi connectivity index (χ0n) is 13.7. The van der Waals surface area contributed by atoms with E-state index in [4.69, 9.17) is 0 Å². The summed E-state index contributed by atoms with van der Waals surface area (Å²) in [6, 6.07) is 19.5. The Morgan fingerprint density at radius 2 is 1.32 bits per heavy atom. The topological polar surface area (TPSA) is 87.5 Å². The number of rotatable bonds is 6. The van der Waals surface area contributed by atoms with Crippen LogP contribution >= 0.6 is 0 Å². The van der Waals surface area contributed by atoms with Crippen LogP contribution in [0.5, 0.6) is 0 Å². The Bertz CT molecular complexity index is 861. The number of nitrogens with zero attached hydrogens (tertiary/aromatic N) is 5. The van der Waals surface area contributed by atoms with Gasteiger partial charge in [-0.3, -0.25) is 5.43 Å². The minimum Gasteiger partial charge on any atom is -0.260 e. The number of hydrogen-bond acceptors (Lipinski definition) is 7. The first kappa shape index (κ1) is 16.3. The van der Waals surface area contributed by atoms with Crippen molar-refractivity contribution in [1.82, 2.24) is 15.2 Å². The highest BCUT2D eigenvalue weighted by Gasteiger charge is 2.03. The van der Waals surface area contributed by atoms with Gasteiger partial charge in [0.15, 0.2) is 5.82 Å². The van der Waals surface area contributed by atoms with Gasteiger partial charge in [0.25, 0.3) is 5.95 Å². The van der Waals surface area contributed by atoms with E-state index in [1.807, 2.05) is 60.7 Å². The van der Waals surface area contributed by atoms with Gasteiger partial charge in [-0.1, -0.05) is 60.7 Å². The minimum absolute atomic E-state index is 0.287. The second-order valence-corrected chi connectivity index (χ2v) is 5.13. The third-order valence-electron chi connectivity index (χ3n) is 3.22. The maximum atomic E-state index is 4.31. The molecule has 1 heterocycles. The van der Waals surface area contributed by atoms with Gasteiger partial charge in [0.05, 0.1) is 12.4 Å². The Balaban J connectivity index is 1.64. The molecule has 25 heavy (non-hydrogen) atoms. The summed E-state index contributed by atoms with van der Waals surface area (Å²) in [5, 5.41) is 16.3. The quantitative estimate of drug-likeness (QED) is 0.535. The summed E-state index contributed by atoms with van der Waals surface area (Å²) in [7, 11) is 0. The van der Waals surface area contributed by atoms with E-state index < -0.39 is 0 Å². The molecule has 7 nitrogen and oxygen atoms in total. The van der Waals surface area contributed by atoms with E-state index in [2.05, 4.69) is 36.2 Å². The zero-order chi connectivity index (χ0) is 17.3. The average Bonchev–Trinajstić information content (AvgIpc) is 2.66. The molecule has 1 aromatic heterocycles. The van der Waals surface area contributed by atoms with Crippen LogP contribution in [0.3, 0.4) is 0 Å². The molecule has 0 aliphatic heterocycles. The molecule has 124 valence electrons. The molecule has 2 aromatic carbocycles. The molecular formula is C18H17N7. The summed E-state index contributed by atoms with van der Waals surface area (Å²) in [6.45, 7) is 1.80. The van der Waals surface area contributed by atoms with Crippen molar-refractivity contribution in [2.75, 3.05) is 10.9 Å². The van der Waals surface area contributed by atoms with Crippen LogP contribution in [-0.2, 0) is 0 Å². The molecule has 0 bridgehead atoms. The number of anilines is 2. The normalized spacial score (nSPS) is 11.1. The fourth-order valence-corrected chi connectivity index (χ4v) is 1.94. The molecule has 0 spiro atoms. The predicted molar refractivity (Wildman–Crippen MR) is 99.9 cm³/mol. The molecule has 3 rings (SSSR count). The zero-order valence-corrected chi connectivity index (χ0v) is 13.7. The summed E-state index contributed by atoms with van der Waals surface area (Å²) >= 11 is 0. The Hall–Kier alpha value is -3.61. The first-order valence-corrected chi connectivity index (χ1v) is 7.71. The van der Waals surface area contributed by atoms with Crippen molar-refractivity contribution in [3.05, 3.63) is 77.5 Å². The van der Waals surface area contributed by atoms with E-state index in [0.717, 1.165) is 11.1 Å². The average molecular weight is 331 g/mol. The van der Waals surface area contributed by atoms with Gasteiger partial charge >= 0.3 is 0 Å². The van der Waals surface area contributed by atoms with Gasteiger partial charge in [-0.05, 0) is 18.1 Å². The number of nitrogens with one attached hydrogen (secondary N) is 2. The molecule has 0 fully saturated rings. The Morgan fingerprint density at radius 3 is 1.92 bits per heavy atom. The number of hydrazone groups is 2. The lowest BCUT2D eigenvalue weighted by Gasteiger charge is -2.04.